The van der Waals surface area contributed by atoms with Gasteiger partial charge in [0.2, 0.25) is 0 Å². The minimum absolute atomic E-state index is 0.847. The molecule has 254 valence electrons. The normalized spacial score (nSPS) is 11.3. The molecule has 0 atom stereocenters. The lowest BCUT2D eigenvalue weighted by Gasteiger charge is -2.26. The van der Waals surface area contributed by atoms with Crippen LogP contribution in [0.3, 0.4) is 0 Å². The Morgan fingerprint density at radius 2 is 0.778 bits per heavy atom. The lowest BCUT2D eigenvalue weighted by molar-refractivity contribution is 0.670. The predicted molar refractivity (Wildman–Crippen MR) is 228 cm³/mol. The van der Waals surface area contributed by atoms with Crippen LogP contribution >= 0.6 is 0 Å². The lowest BCUT2D eigenvalue weighted by Crippen LogP contribution is -2.10. The van der Waals surface area contributed by atoms with E-state index in [2.05, 4.69) is 217 Å². The number of hydrogen-bond acceptors (Lipinski definition) is 2. The van der Waals surface area contributed by atoms with Crippen molar-refractivity contribution < 1.29 is 4.42 Å². The summed E-state index contributed by atoms with van der Waals surface area (Å²) in [5.41, 5.74) is 14.1. The molecule has 0 amide bonds. The molecule has 0 unspecified atom stereocenters. The van der Waals surface area contributed by atoms with Crippen molar-refractivity contribution in [2.24, 2.45) is 0 Å². The Hall–Kier alpha value is -7.16. The fraction of sp³-hybridized carbons (Fsp3) is 0. The molecule has 1 heterocycles. The van der Waals surface area contributed by atoms with Gasteiger partial charge in [0.05, 0.1) is 5.69 Å². The first kappa shape index (κ1) is 31.6. The van der Waals surface area contributed by atoms with Gasteiger partial charge in [0.15, 0.2) is 5.58 Å². The quantitative estimate of drug-likeness (QED) is 0.166. The van der Waals surface area contributed by atoms with Gasteiger partial charge in [-0.1, -0.05) is 182 Å². The molecule has 9 aromatic carbocycles. The molecule has 2 nitrogen and oxygen atoms in total. The van der Waals surface area contributed by atoms with Crippen molar-refractivity contribution in [2.45, 2.75) is 0 Å². The van der Waals surface area contributed by atoms with Crippen LogP contribution in [0, 0.1) is 0 Å². The Morgan fingerprint density at radius 1 is 0.296 bits per heavy atom. The average molecular weight is 690 g/mol. The Labute approximate surface area is 314 Å². The van der Waals surface area contributed by atoms with E-state index in [4.69, 9.17) is 4.42 Å². The number of furan rings is 1. The Morgan fingerprint density at radius 3 is 1.46 bits per heavy atom. The second kappa shape index (κ2) is 13.4. The zero-order valence-corrected chi connectivity index (χ0v) is 29.6. The third-order valence-corrected chi connectivity index (χ3v) is 10.5. The first-order valence-electron chi connectivity index (χ1n) is 18.4. The first-order chi connectivity index (χ1) is 26.8. The molecule has 0 aliphatic heterocycles. The van der Waals surface area contributed by atoms with Crippen LogP contribution in [0.2, 0.25) is 0 Å². The van der Waals surface area contributed by atoms with Crippen molar-refractivity contribution in [3.8, 4) is 44.5 Å². The number of fused-ring (bicyclic) bond motifs is 4. The highest BCUT2D eigenvalue weighted by atomic mass is 16.3. The summed E-state index contributed by atoms with van der Waals surface area (Å²) in [6, 6.07) is 75.6. The van der Waals surface area contributed by atoms with Crippen molar-refractivity contribution in [1.82, 2.24) is 0 Å². The highest BCUT2D eigenvalue weighted by molar-refractivity contribution is 6.19. The van der Waals surface area contributed by atoms with Crippen LogP contribution < -0.4 is 4.90 Å². The van der Waals surface area contributed by atoms with Gasteiger partial charge in [-0.25, -0.2) is 0 Å². The summed E-state index contributed by atoms with van der Waals surface area (Å²) in [6.45, 7) is 0. The molecule has 0 saturated heterocycles. The molecular weight excluding hydrogens is 655 g/mol. The van der Waals surface area contributed by atoms with Crippen LogP contribution in [0.15, 0.2) is 217 Å². The zero-order chi connectivity index (χ0) is 35.8. The van der Waals surface area contributed by atoms with E-state index in [9.17, 15) is 0 Å². The van der Waals surface area contributed by atoms with Gasteiger partial charge in [0.25, 0.3) is 0 Å². The van der Waals surface area contributed by atoms with Crippen LogP contribution in [0.5, 0.6) is 0 Å². The van der Waals surface area contributed by atoms with Crippen LogP contribution in [0.1, 0.15) is 0 Å². The Bertz CT molecular complexity index is 2890. The van der Waals surface area contributed by atoms with Gasteiger partial charge in [-0.05, 0) is 80.0 Å². The Balaban J connectivity index is 1.20. The zero-order valence-electron chi connectivity index (χ0n) is 29.6. The van der Waals surface area contributed by atoms with E-state index in [0.717, 1.165) is 61.3 Å². The third-order valence-electron chi connectivity index (χ3n) is 10.5. The molecule has 0 bridgehead atoms. The number of rotatable bonds is 7. The highest BCUT2D eigenvalue weighted by Crippen LogP contribution is 2.48. The average Bonchev–Trinajstić information content (AvgIpc) is 3.65. The van der Waals surface area contributed by atoms with E-state index >= 15 is 0 Å². The molecular formula is C52H35NO. The maximum absolute atomic E-state index is 7.15. The smallest absolute Gasteiger partial charge is 0.160 e. The second-order valence-electron chi connectivity index (χ2n) is 13.7. The van der Waals surface area contributed by atoms with E-state index in [1.165, 1.54) is 33.0 Å². The van der Waals surface area contributed by atoms with Gasteiger partial charge in [-0.2, -0.15) is 0 Å². The maximum Gasteiger partial charge on any atom is 0.160 e. The molecule has 0 fully saturated rings. The Kier molecular flexibility index (Phi) is 7.85. The SMILES string of the molecule is c1ccc(-c2ccc(N(c3ccc(-c4cccc5ccccc45)cc3)c3ccc(-c4ccccc4)c4c3oc3c(-c5ccccc5)cccc34)cc2)cc1. The molecule has 10 aromatic rings. The maximum atomic E-state index is 7.15. The van der Waals surface area contributed by atoms with E-state index in [-0.39, 0.29) is 0 Å². The predicted octanol–water partition coefficient (Wildman–Crippen LogP) is 14.9. The highest BCUT2D eigenvalue weighted by Gasteiger charge is 2.23. The number of para-hydroxylation sites is 1. The largest absolute Gasteiger partial charge is 0.453 e. The molecule has 0 radical (unpaired) electrons. The molecule has 0 aliphatic carbocycles. The van der Waals surface area contributed by atoms with Crippen LogP contribution in [-0.2, 0) is 0 Å². The summed E-state index contributed by atoms with van der Waals surface area (Å²) in [6.07, 6.45) is 0. The van der Waals surface area contributed by atoms with Gasteiger partial charge < -0.3 is 9.32 Å². The van der Waals surface area contributed by atoms with E-state index in [1.807, 2.05) is 0 Å². The van der Waals surface area contributed by atoms with Crippen LogP contribution in [0.25, 0.3) is 77.2 Å². The summed E-state index contributed by atoms with van der Waals surface area (Å²) >= 11 is 0. The summed E-state index contributed by atoms with van der Waals surface area (Å²) in [5.74, 6) is 0. The fourth-order valence-corrected chi connectivity index (χ4v) is 7.90. The van der Waals surface area contributed by atoms with Crippen molar-refractivity contribution >= 4 is 49.8 Å². The number of benzene rings is 9. The molecule has 54 heavy (non-hydrogen) atoms. The molecule has 0 saturated carbocycles. The minimum Gasteiger partial charge on any atom is -0.453 e. The van der Waals surface area contributed by atoms with E-state index in [1.54, 1.807) is 0 Å². The van der Waals surface area contributed by atoms with Gasteiger partial charge in [-0.15, -0.1) is 0 Å². The summed E-state index contributed by atoms with van der Waals surface area (Å²) in [7, 11) is 0. The number of hydrogen-bond donors (Lipinski definition) is 0. The number of nitrogens with zero attached hydrogens (tertiary/aromatic N) is 1. The molecule has 10 rings (SSSR count). The van der Waals surface area contributed by atoms with Gasteiger partial charge in [-0.3, -0.25) is 0 Å². The molecule has 0 spiro atoms. The minimum atomic E-state index is 0.847. The van der Waals surface area contributed by atoms with Crippen LogP contribution in [0.4, 0.5) is 17.1 Å². The second-order valence-corrected chi connectivity index (χ2v) is 13.7. The van der Waals surface area contributed by atoms with Crippen molar-refractivity contribution in [3.05, 3.63) is 212 Å². The van der Waals surface area contributed by atoms with Crippen molar-refractivity contribution in [3.63, 3.8) is 0 Å². The summed E-state index contributed by atoms with van der Waals surface area (Å²) in [5, 5.41) is 4.68. The fourth-order valence-electron chi connectivity index (χ4n) is 7.90. The molecule has 1 aromatic heterocycles. The summed E-state index contributed by atoms with van der Waals surface area (Å²) < 4.78 is 7.15. The number of anilines is 3. The van der Waals surface area contributed by atoms with Gasteiger partial charge >= 0.3 is 0 Å². The first-order valence-corrected chi connectivity index (χ1v) is 18.4. The van der Waals surface area contributed by atoms with Crippen LogP contribution in [-0.4, -0.2) is 0 Å². The summed E-state index contributed by atoms with van der Waals surface area (Å²) in [4.78, 5) is 2.34. The van der Waals surface area contributed by atoms with Crippen molar-refractivity contribution in [1.29, 1.82) is 0 Å². The monoisotopic (exact) mass is 689 g/mol. The topological polar surface area (TPSA) is 16.4 Å². The molecule has 0 N–H and O–H groups in total. The van der Waals surface area contributed by atoms with E-state index < -0.39 is 0 Å². The lowest BCUT2D eigenvalue weighted by atomic mass is 9.96. The standard InChI is InChI=1S/C52H35NO/c1-4-14-36(15-5-1)37-26-30-42(31-27-37)53(43-32-28-41(29-33-43)45-23-12-21-38-20-10-11-22-44(38)45)49-35-34-46(39-16-6-2-7-17-39)50-48-25-13-24-47(51(48)54-52(49)50)40-18-8-3-9-19-40/h1-35H. The van der Waals surface area contributed by atoms with Gasteiger partial charge in [0, 0.05) is 27.7 Å². The third kappa shape index (κ3) is 5.53. The van der Waals surface area contributed by atoms with Crippen molar-refractivity contribution in [2.75, 3.05) is 4.90 Å². The van der Waals surface area contributed by atoms with E-state index in [0.29, 0.717) is 0 Å². The van der Waals surface area contributed by atoms with Gasteiger partial charge in [0.1, 0.15) is 5.58 Å². The molecule has 0 aliphatic rings. The molecule has 2 heteroatoms.